The van der Waals surface area contributed by atoms with E-state index in [0.717, 1.165) is 15.7 Å². The van der Waals surface area contributed by atoms with Crippen molar-refractivity contribution in [1.29, 1.82) is 5.26 Å². The highest BCUT2D eigenvalue weighted by atomic mass is 79.9. The predicted molar refractivity (Wildman–Crippen MR) is 82.5 cm³/mol. The van der Waals surface area contributed by atoms with Gasteiger partial charge in [-0.1, -0.05) is 15.9 Å². The lowest BCUT2D eigenvalue weighted by Gasteiger charge is -2.45. The molecular formula is C15H18BrN3O. The minimum Gasteiger partial charge on any atom is -0.304 e. The number of hydrogen-bond donors (Lipinski definition) is 1. The number of halogens is 1. The van der Waals surface area contributed by atoms with Crippen LogP contribution in [0.4, 0.5) is 5.69 Å². The average Bonchev–Trinajstić information content (AvgIpc) is 2.35. The van der Waals surface area contributed by atoms with E-state index in [1.54, 1.807) is 0 Å². The summed E-state index contributed by atoms with van der Waals surface area (Å²) < 4.78 is 0.993. The molecule has 2 rings (SSSR count). The molecule has 1 heterocycles. The highest BCUT2D eigenvalue weighted by Gasteiger charge is 2.41. The van der Waals surface area contributed by atoms with E-state index in [1.165, 1.54) is 0 Å². The summed E-state index contributed by atoms with van der Waals surface area (Å²) in [6.45, 7) is 6.72. The van der Waals surface area contributed by atoms with Crippen LogP contribution in [0.2, 0.25) is 0 Å². The van der Waals surface area contributed by atoms with E-state index in [2.05, 4.69) is 27.3 Å². The molecule has 5 heteroatoms. The van der Waals surface area contributed by atoms with Gasteiger partial charge in [-0.05, 0) is 44.5 Å². The largest absolute Gasteiger partial charge is 0.304 e. The number of hydrogen-bond acceptors (Lipinski definition) is 3. The molecule has 1 unspecified atom stereocenters. The van der Waals surface area contributed by atoms with Crippen molar-refractivity contribution in [3.63, 3.8) is 0 Å². The SMILES string of the molecule is Cc1cc(Br)ccc1N1C(=O)C(CC#N)NCC1(C)C. The van der Waals surface area contributed by atoms with Crippen LogP contribution in [0.15, 0.2) is 22.7 Å². The maximum absolute atomic E-state index is 12.7. The number of amides is 1. The van der Waals surface area contributed by atoms with Crippen LogP contribution in [0.25, 0.3) is 0 Å². The number of carbonyl (C=O) groups is 1. The highest BCUT2D eigenvalue weighted by Crippen LogP contribution is 2.32. The Bertz CT molecular complexity index is 577. The molecule has 0 aromatic heterocycles. The summed E-state index contributed by atoms with van der Waals surface area (Å²) in [5.41, 5.74) is 1.63. The molecule has 0 bridgehead atoms. The van der Waals surface area contributed by atoms with Crippen molar-refractivity contribution in [2.75, 3.05) is 11.4 Å². The molecule has 4 nitrogen and oxygen atoms in total. The van der Waals surface area contributed by atoms with Crippen LogP contribution in [0.1, 0.15) is 25.8 Å². The maximum Gasteiger partial charge on any atom is 0.245 e. The van der Waals surface area contributed by atoms with E-state index in [0.29, 0.717) is 6.54 Å². The Kier molecular flexibility index (Phi) is 4.17. The molecule has 0 spiro atoms. The lowest BCUT2D eigenvalue weighted by molar-refractivity contribution is -0.123. The standard InChI is InChI=1S/C15H18BrN3O/c1-10-8-11(16)4-5-13(10)19-14(20)12(6-7-17)18-9-15(19,2)3/h4-5,8,12,18H,6,9H2,1-3H3. The van der Waals surface area contributed by atoms with Crippen molar-refractivity contribution < 1.29 is 4.79 Å². The molecule has 0 radical (unpaired) electrons. The van der Waals surface area contributed by atoms with Crippen molar-refractivity contribution in [2.45, 2.75) is 38.8 Å². The van der Waals surface area contributed by atoms with Crippen LogP contribution >= 0.6 is 15.9 Å². The molecule has 0 aliphatic carbocycles. The zero-order valence-electron chi connectivity index (χ0n) is 11.9. The number of carbonyl (C=O) groups excluding carboxylic acids is 1. The van der Waals surface area contributed by atoms with Gasteiger partial charge in [-0.15, -0.1) is 0 Å². The summed E-state index contributed by atoms with van der Waals surface area (Å²) in [6.07, 6.45) is 0.195. The lowest BCUT2D eigenvalue weighted by atomic mass is 9.94. The molecule has 1 N–H and O–H groups in total. The second-order valence-electron chi connectivity index (χ2n) is 5.71. The molecular weight excluding hydrogens is 318 g/mol. The topological polar surface area (TPSA) is 56.1 Å². The summed E-state index contributed by atoms with van der Waals surface area (Å²) in [5.74, 6) is -0.0341. The van der Waals surface area contributed by atoms with E-state index in [-0.39, 0.29) is 17.9 Å². The molecule has 1 aliphatic rings. The minimum atomic E-state index is -0.420. The van der Waals surface area contributed by atoms with Gasteiger partial charge in [0.2, 0.25) is 5.91 Å². The Morgan fingerprint density at radius 1 is 1.55 bits per heavy atom. The van der Waals surface area contributed by atoms with Crippen molar-refractivity contribution in [1.82, 2.24) is 5.32 Å². The first-order valence-electron chi connectivity index (χ1n) is 6.57. The third-order valence-corrected chi connectivity index (χ3v) is 4.09. The average molecular weight is 336 g/mol. The minimum absolute atomic E-state index is 0.0341. The van der Waals surface area contributed by atoms with Gasteiger partial charge in [-0.2, -0.15) is 5.26 Å². The third kappa shape index (κ3) is 2.72. The molecule has 1 amide bonds. The van der Waals surface area contributed by atoms with Gasteiger partial charge in [0.25, 0.3) is 0 Å². The van der Waals surface area contributed by atoms with Crippen molar-refractivity contribution in [3.8, 4) is 6.07 Å². The van der Waals surface area contributed by atoms with Crippen LogP contribution in [0.3, 0.4) is 0 Å². The van der Waals surface area contributed by atoms with E-state index in [9.17, 15) is 4.79 Å². The summed E-state index contributed by atoms with van der Waals surface area (Å²) in [6, 6.07) is 7.54. The van der Waals surface area contributed by atoms with Crippen LogP contribution in [-0.4, -0.2) is 24.0 Å². The first-order chi connectivity index (χ1) is 9.36. The van der Waals surface area contributed by atoms with Gasteiger partial charge in [0.15, 0.2) is 0 Å². The van der Waals surface area contributed by atoms with Gasteiger partial charge in [0, 0.05) is 16.7 Å². The third-order valence-electron chi connectivity index (χ3n) is 3.60. The van der Waals surface area contributed by atoms with E-state index >= 15 is 0 Å². The summed E-state index contributed by atoms with van der Waals surface area (Å²) in [4.78, 5) is 14.5. The van der Waals surface area contributed by atoms with Gasteiger partial charge in [0.05, 0.1) is 18.0 Å². The van der Waals surface area contributed by atoms with E-state index < -0.39 is 6.04 Å². The Morgan fingerprint density at radius 2 is 2.25 bits per heavy atom. The van der Waals surface area contributed by atoms with Gasteiger partial charge in [0.1, 0.15) is 6.04 Å². The molecule has 1 saturated heterocycles. The molecule has 1 aliphatic heterocycles. The number of piperazine rings is 1. The lowest BCUT2D eigenvalue weighted by Crippen LogP contribution is -2.65. The Hall–Kier alpha value is -1.38. The quantitative estimate of drug-likeness (QED) is 0.904. The molecule has 0 saturated carbocycles. The van der Waals surface area contributed by atoms with Crippen molar-refractivity contribution >= 4 is 27.5 Å². The Morgan fingerprint density at radius 3 is 2.85 bits per heavy atom. The molecule has 1 fully saturated rings. The van der Waals surface area contributed by atoms with Gasteiger partial charge in [-0.3, -0.25) is 4.79 Å². The van der Waals surface area contributed by atoms with Gasteiger partial charge in [-0.25, -0.2) is 0 Å². The van der Waals surface area contributed by atoms with Crippen LogP contribution in [0, 0.1) is 18.3 Å². The fourth-order valence-corrected chi connectivity index (χ4v) is 3.03. The Labute approximate surface area is 127 Å². The normalized spacial score (nSPS) is 21.6. The molecule has 1 aromatic rings. The number of nitrogens with one attached hydrogen (secondary N) is 1. The monoisotopic (exact) mass is 335 g/mol. The smallest absolute Gasteiger partial charge is 0.245 e. The number of anilines is 1. The van der Waals surface area contributed by atoms with Crippen molar-refractivity contribution in [2.24, 2.45) is 0 Å². The summed E-state index contributed by atoms with van der Waals surface area (Å²) >= 11 is 3.44. The molecule has 20 heavy (non-hydrogen) atoms. The zero-order chi connectivity index (χ0) is 14.9. The Balaban J connectivity index is 2.44. The van der Waals surface area contributed by atoms with Crippen LogP contribution in [-0.2, 0) is 4.79 Å². The fourth-order valence-electron chi connectivity index (χ4n) is 2.56. The maximum atomic E-state index is 12.7. The fraction of sp³-hybridized carbons (Fsp3) is 0.467. The predicted octanol–water partition coefficient (Wildman–Crippen LogP) is 2.75. The number of nitriles is 1. The van der Waals surface area contributed by atoms with E-state index in [1.807, 2.05) is 43.9 Å². The van der Waals surface area contributed by atoms with Crippen molar-refractivity contribution in [3.05, 3.63) is 28.2 Å². The first kappa shape index (κ1) is 15.0. The van der Waals surface area contributed by atoms with E-state index in [4.69, 9.17) is 5.26 Å². The molecule has 106 valence electrons. The summed E-state index contributed by atoms with van der Waals surface area (Å²) in [5, 5.41) is 12.0. The first-order valence-corrected chi connectivity index (χ1v) is 7.36. The number of benzene rings is 1. The molecule has 1 aromatic carbocycles. The second kappa shape index (κ2) is 5.55. The summed E-state index contributed by atoms with van der Waals surface area (Å²) in [7, 11) is 0. The number of nitrogens with zero attached hydrogens (tertiary/aromatic N) is 2. The highest BCUT2D eigenvalue weighted by molar-refractivity contribution is 9.10. The van der Waals surface area contributed by atoms with Crippen LogP contribution < -0.4 is 10.2 Å². The zero-order valence-corrected chi connectivity index (χ0v) is 13.5. The van der Waals surface area contributed by atoms with Gasteiger partial charge < -0.3 is 10.2 Å². The second-order valence-corrected chi connectivity index (χ2v) is 6.63. The number of aryl methyl sites for hydroxylation is 1. The van der Waals surface area contributed by atoms with Crippen LogP contribution in [0.5, 0.6) is 0 Å². The van der Waals surface area contributed by atoms with Gasteiger partial charge >= 0.3 is 0 Å². The molecule has 1 atom stereocenters. The number of rotatable bonds is 2.